The van der Waals surface area contributed by atoms with Crippen LogP contribution in [0.4, 0.5) is 0 Å². The first kappa shape index (κ1) is 14.6. The molecule has 1 aromatic heterocycles. The number of benzene rings is 1. The van der Waals surface area contributed by atoms with E-state index >= 15 is 0 Å². The van der Waals surface area contributed by atoms with Gasteiger partial charge < -0.3 is 19.2 Å². The molecular formula is C16H17NO5. The summed E-state index contributed by atoms with van der Waals surface area (Å²) in [5.41, 5.74) is 0.791. The zero-order valence-electron chi connectivity index (χ0n) is 12.0. The summed E-state index contributed by atoms with van der Waals surface area (Å²) in [5, 5.41) is 10.1. The van der Waals surface area contributed by atoms with E-state index in [1.165, 1.54) is 4.90 Å². The maximum atomic E-state index is 12.3. The van der Waals surface area contributed by atoms with E-state index in [1.807, 2.05) is 30.3 Å². The highest BCUT2D eigenvalue weighted by atomic mass is 16.5. The van der Waals surface area contributed by atoms with Crippen molar-refractivity contribution in [3.8, 4) is 0 Å². The number of aryl methyl sites for hydroxylation is 1. The molecular weight excluding hydrogens is 286 g/mol. The van der Waals surface area contributed by atoms with Crippen LogP contribution in [0.25, 0.3) is 11.0 Å². The van der Waals surface area contributed by atoms with E-state index in [4.69, 9.17) is 14.3 Å². The number of carbonyl (C=O) groups is 2. The van der Waals surface area contributed by atoms with Gasteiger partial charge in [-0.1, -0.05) is 18.2 Å². The maximum absolute atomic E-state index is 12.3. The molecule has 1 atom stereocenters. The number of fused-ring (bicyclic) bond motifs is 1. The number of rotatable bonds is 4. The Kier molecular flexibility index (Phi) is 4.11. The van der Waals surface area contributed by atoms with E-state index in [0.29, 0.717) is 19.6 Å². The highest BCUT2D eigenvalue weighted by Gasteiger charge is 2.32. The van der Waals surface area contributed by atoms with Crippen molar-refractivity contribution < 1.29 is 23.8 Å². The fourth-order valence-electron chi connectivity index (χ4n) is 2.64. The molecule has 3 rings (SSSR count). The summed E-state index contributed by atoms with van der Waals surface area (Å²) >= 11 is 0. The van der Waals surface area contributed by atoms with Gasteiger partial charge in [0.1, 0.15) is 11.3 Å². The third-order valence-corrected chi connectivity index (χ3v) is 3.80. The standard InChI is InChI=1S/C16H17NO5/c18-15(17-7-8-21-10-13(17)16(19)20)6-5-12-9-11-3-1-2-4-14(11)22-12/h1-4,9,13H,5-8,10H2,(H,19,20)/t13-/m0/s1. The molecule has 1 saturated heterocycles. The molecule has 0 bridgehead atoms. The van der Waals surface area contributed by atoms with Gasteiger partial charge in [0, 0.05) is 24.8 Å². The van der Waals surface area contributed by atoms with Gasteiger partial charge in [0.15, 0.2) is 6.04 Å². The molecule has 0 unspecified atom stereocenters. The van der Waals surface area contributed by atoms with E-state index in [2.05, 4.69) is 0 Å². The summed E-state index contributed by atoms with van der Waals surface area (Å²) in [4.78, 5) is 24.8. The molecule has 6 heteroatoms. The van der Waals surface area contributed by atoms with Crippen molar-refractivity contribution in [2.75, 3.05) is 19.8 Å². The summed E-state index contributed by atoms with van der Waals surface area (Å²) in [6.07, 6.45) is 0.681. The Morgan fingerprint density at radius 1 is 1.32 bits per heavy atom. The first-order valence-electron chi connectivity index (χ1n) is 7.22. The number of aliphatic carboxylic acids is 1. The van der Waals surface area contributed by atoms with Gasteiger partial charge in [-0.15, -0.1) is 0 Å². The summed E-state index contributed by atoms with van der Waals surface area (Å²) in [5.74, 6) is -0.484. The number of carboxylic acid groups (broad SMARTS) is 1. The topological polar surface area (TPSA) is 80.0 Å². The van der Waals surface area contributed by atoms with Crippen LogP contribution < -0.4 is 0 Å². The van der Waals surface area contributed by atoms with E-state index in [1.54, 1.807) is 0 Å². The Morgan fingerprint density at radius 2 is 2.14 bits per heavy atom. The highest BCUT2D eigenvalue weighted by Crippen LogP contribution is 2.20. The quantitative estimate of drug-likeness (QED) is 0.929. The van der Waals surface area contributed by atoms with Crippen molar-refractivity contribution in [2.24, 2.45) is 0 Å². The number of hydrogen-bond donors (Lipinski definition) is 1. The molecule has 1 aliphatic heterocycles. The lowest BCUT2D eigenvalue weighted by atomic mass is 10.1. The molecule has 0 spiro atoms. The molecule has 1 aliphatic rings. The number of morpholine rings is 1. The van der Waals surface area contributed by atoms with Crippen molar-refractivity contribution in [2.45, 2.75) is 18.9 Å². The summed E-state index contributed by atoms with van der Waals surface area (Å²) < 4.78 is 10.8. The third kappa shape index (κ3) is 2.96. The molecule has 1 N–H and O–H groups in total. The van der Waals surface area contributed by atoms with Crippen LogP contribution in [0.3, 0.4) is 0 Å². The lowest BCUT2D eigenvalue weighted by Crippen LogP contribution is -2.52. The Labute approximate surface area is 127 Å². The molecule has 1 fully saturated rings. The zero-order valence-corrected chi connectivity index (χ0v) is 12.0. The minimum absolute atomic E-state index is 0.0473. The monoisotopic (exact) mass is 303 g/mol. The van der Waals surface area contributed by atoms with Crippen LogP contribution in [0.1, 0.15) is 12.2 Å². The van der Waals surface area contributed by atoms with Gasteiger partial charge in [0.25, 0.3) is 0 Å². The van der Waals surface area contributed by atoms with Gasteiger partial charge in [-0.05, 0) is 12.1 Å². The van der Waals surface area contributed by atoms with E-state index in [9.17, 15) is 9.59 Å². The van der Waals surface area contributed by atoms with Crippen LogP contribution in [-0.4, -0.2) is 47.7 Å². The fourth-order valence-corrected chi connectivity index (χ4v) is 2.64. The van der Waals surface area contributed by atoms with Crippen LogP contribution in [0.15, 0.2) is 34.7 Å². The summed E-state index contributed by atoms with van der Waals surface area (Å²) in [6, 6.07) is 8.67. The number of amides is 1. The lowest BCUT2D eigenvalue weighted by Gasteiger charge is -2.32. The number of carboxylic acids is 1. The molecule has 2 heterocycles. The van der Waals surface area contributed by atoms with Gasteiger partial charge >= 0.3 is 5.97 Å². The second kappa shape index (κ2) is 6.19. The van der Waals surface area contributed by atoms with Gasteiger partial charge in [-0.2, -0.15) is 0 Å². The van der Waals surface area contributed by atoms with Gasteiger partial charge in [-0.25, -0.2) is 4.79 Å². The van der Waals surface area contributed by atoms with Crippen molar-refractivity contribution in [1.29, 1.82) is 0 Å². The first-order valence-corrected chi connectivity index (χ1v) is 7.22. The van der Waals surface area contributed by atoms with E-state index in [0.717, 1.165) is 16.7 Å². The molecule has 6 nitrogen and oxygen atoms in total. The molecule has 0 radical (unpaired) electrons. The molecule has 22 heavy (non-hydrogen) atoms. The largest absolute Gasteiger partial charge is 0.480 e. The van der Waals surface area contributed by atoms with Crippen molar-refractivity contribution in [1.82, 2.24) is 4.90 Å². The van der Waals surface area contributed by atoms with Crippen LogP contribution in [0.2, 0.25) is 0 Å². The maximum Gasteiger partial charge on any atom is 0.328 e. The van der Waals surface area contributed by atoms with Crippen molar-refractivity contribution in [3.63, 3.8) is 0 Å². The number of carbonyl (C=O) groups excluding carboxylic acids is 1. The first-order chi connectivity index (χ1) is 10.6. The minimum Gasteiger partial charge on any atom is -0.480 e. The third-order valence-electron chi connectivity index (χ3n) is 3.80. The van der Waals surface area contributed by atoms with Crippen LogP contribution in [0.5, 0.6) is 0 Å². The van der Waals surface area contributed by atoms with Crippen LogP contribution in [0, 0.1) is 0 Å². The van der Waals surface area contributed by atoms with Crippen LogP contribution in [-0.2, 0) is 20.7 Å². The second-order valence-corrected chi connectivity index (χ2v) is 5.27. The van der Waals surface area contributed by atoms with Crippen molar-refractivity contribution in [3.05, 3.63) is 36.1 Å². The van der Waals surface area contributed by atoms with Crippen LogP contribution >= 0.6 is 0 Å². The SMILES string of the molecule is O=C(O)[C@@H]1COCCN1C(=O)CCc1cc2ccccc2o1. The van der Waals surface area contributed by atoms with Gasteiger partial charge in [-0.3, -0.25) is 4.79 Å². The average Bonchev–Trinajstić information content (AvgIpc) is 2.95. The number of para-hydroxylation sites is 1. The summed E-state index contributed by atoms with van der Waals surface area (Å²) in [7, 11) is 0. The molecule has 2 aromatic rings. The Morgan fingerprint density at radius 3 is 2.91 bits per heavy atom. The molecule has 116 valence electrons. The fraction of sp³-hybridized carbons (Fsp3) is 0.375. The normalized spacial score (nSPS) is 18.5. The molecule has 1 aromatic carbocycles. The lowest BCUT2D eigenvalue weighted by molar-refractivity contribution is -0.158. The van der Waals surface area contributed by atoms with Crippen molar-refractivity contribution >= 4 is 22.8 Å². The Hall–Kier alpha value is -2.34. The average molecular weight is 303 g/mol. The predicted octanol–water partition coefficient (Wildman–Crippen LogP) is 1.68. The minimum atomic E-state index is -1.03. The molecule has 0 saturated carbocycles. The van der Waals surface area contributed by atoms with Gasteiger partial charge in [0.2, 0.25) is 5.91 Å². The summed E-state index contributed by atoms with van der Waals surface area (Å²) in [6.45, 7) is 0.738. The predicted molar refractivity (Wildman–Crippen MR) is 78.5 cm³/mol. The Balaban J connectivity index is 1.64. The zero-order chi connectivity index (χ0) is 15.5. The Bertz CT molecular complexity index is 660. The van der Waals surface area contributed by atoms with Gasteiger partial charge in [0.05, 0.1) is 13.2 Å². The molecule has 0 aliphatic carbocycles. The smallest absolute Gasteiger partial charge is 0.328 e. The number of nitrogens with zero attached hydrogens (tertiary/aromatic N) is 1. The number of ether oxygens (including phenoxy) is 1. The number of furan rings is 1. The second-order valence-electron chi connectivity index (χ2n) is 5.27. The van der Waals surface area contributed by atoms with E-state index < -0.39 is 12.0 Å². The number of hydrogen-bond acceptors (Lipinski definition) is 4. The molecule has 1 amide bonds. The van der Waals surface area contributed by atoms with E-state index in [-0.39, 0.29) is 18.9 Å². The highest BCUT2D eigenvalue weighted by molar-refractivity contribution is 5.84.